The van der Waals surface area contributed by atoms with Crippen molar-refractivity contribution in [2.24, 2.45) is 0 Å². The van der Waals surface area contributed by atoms with Crippen molar-refractivity contribution in [2.45, 2.75) is 0 Å². The molecule has 0 saturated heterocycles. The largest absolute Gasteiger partial charge is 2.00 e. The molecule has 0 radical (unpaired) electrons. The van der Waals surface area contributed by atoms with E-state index in [1.807, 2.05) is 0 Å². The molecule has 0 aliphatic rings. The van der Waals surface area contributed by atoms with E-state index < -0.39 is 54.8 Å². The van der Waals surface area contributed by atoms with Gasteiger partial charge in [-0.3, -0.25) is 0 Å². The van der Waals surface area contributed by atoms with Gasteiger partial charge in [0.15, 0.2) is 0 Å². The summed E-state index contributed by atoms with van der Waals surface area (Å²) in [5.74, 6) is 0. The normalized spacial score (nSPS) is 8.00. The molecule has 45 heteroatoms. The van der Waals surface area contributed by atoms with Crippen LogP contribution < -0.4 is 86.3 Å². The van der Waals surface area contributed by atoms with Gasteiger partial charge in [0.2, 0.25) is 0 Å². The number of hydrogen-bond donors (Lipinski definition) is 0. The maximum Gasteiger partial charge on any atom is 2.00 e. The Hall–Kier alpha value is 5.53. The Bertz CT molecular complexity index is 264. The first-order chi connectivity index (χ1) is 12.0. The molecule has 0 atom stereocenters. The predicted octanol–water partition coefficient (Wildman–Crippen LogP) is -26.1. The average molecular weight is 1270 g/mol. The van der Waals surface area contributed by atoms with Gasteiger partial charge in [-0.1, -0.05) is 54.8 Å². The van der Waals surface area contributed by atoms with Gasteiger partial charge in [-0.2, -0.15) is 0 Å². The first kappa shape index (κ1) is 142. The zero-order chi connectivity index (χ0) is 27.0. The van der Waals surface area contributed by atoms with E-state index in [9.17, 15) is 24.6 Å². The van der Waals surface area contributed by atoms with Crippen LogP contribution in [0.2, 0.25) is 0 Å². The van der Waals surface area contributed by atoms with Crippen molar-refractivity contribution in [2.75, 3.05) is 0 Å². The summed E-state index contributed by atoms with van der Waals surface area (Å²) < 4.78 is 61.0. The van der Waals surface area contributed by atoms with E-state index in [0.717, 1.165) is 0 Å². The summed E-state index contributed by atoms with van der Waals surface area (Å²) in [5, 5.41) is 0. The topological polar surface area (TPSA) is 604 Å². The van der Waals surface area contributed by atoms with Gasteiger partial charge in [0, 0.05) is 0 Å². The number of rotatable bonds is 0. The van der Waals surface area contributed by atoms with Crippen molar-refractivity contribution in [3.05, 3.63) is 0 Å². The van der Waals surface area contributed by atoms with Crippen LogP contribution in [-0.4, -0.2) is 87.7 Å². The third-order valence-corrected chi connectivity index (χ3v) is 0. The molecule has 0 unspecified atom stereocenters. The van der Waals surface area contributed by atoms with Crippen LogP contribution in [0.25, 0.3) is 0 Å². The van der Waals surface area contributed by atoms with Gasteiger partial charge in [-0.05, 0) is 0 Å². The standard InChI is InChI=1S/6FO3Si.6H2O.9Zn/c6*1-5(2,3)4;;;;;;;;;;;;;;;/h;;;;;;6*1H2;;;;;;;;;/q6*-3;;;;;;;9*+2. The van der Waals surface area contributed by atoms with E-state index in [1.165, 1.54) is 0 Å². The van der Waals surface area contributed by atoms with Crippen molar-refractivity contribution in [3.63, 3.8) is 0 Å². The Morgan fingerprint density at radius 1 is 0.178 bits per heavy atom. The molecule has 0 saturated carbocycles. The zero-order valence-electron chi connectivity index (χ0n) is 22.0. The Labute approximate surface area is 369 Å². The second kappa shape index (κ2) is 67.6. The molecular formula is H12F6O24Si6Zn9. The van der Waals surface area contributed by atoms with Crippen molar-refractivity contribution in [1.82, 2.24) is 0 Å². The molecule has 0 aliphatic heterocycles. The van der Waals surface area contributed by atoms with Crippen LogP contribution >= 0.6 is 0 Å². The summed E-state index contributed by atoms with van der Waals surface area (Å²) in [4.78, 5) is 152. The molecule has 45 heavy (non-hydrogen) atoms. The van der Waals surface area contributed by atoms with E-state index in [-0.39, 0.29) is 208 Å². The van der Waals surface area contributed by atoms with Gasteiger partial charge in [-0.15, -0.1) is 0 Å². The molecule has 0 aromatic rings. The van der Waals surface area contributed by atoms with E-state index in [4.69, 9.17) is 86.3 Å². The summed E-state index contributed by atoms with van der Waals surface area (Å²) in [6.45, 7) is 0. The first-order valence-corrected chi connectivity index (χ1v) is 14.4. The Kier molecular flexibility index (Phi) is 214. The predicted molar refractivity (Wildman–Crippen MR) is 62.9 cm³/mol. The minimum atomic E-state index is -5.86. The molecule has 12 N–H and O–H groups in total. The molecule has 0 bridgehead atoms. The minimum Gasteiger partial charge on any atom is -0.857 e. The number of hydrogen-bond acceptors (Lipinski definition) is 18. The van der Waals surface area contributed by atoms with Gasteiger partial charge in [0.05, 0.1) is 0 Å². The molecule has 240 valence electrons. The van der Waals surface area contributed by atoms with Crippen LogP contribution in [0.3, 0.4) is 0 Å². The van der Waals surface area contributed by atoms with Gasteiger partial charge in [0.1, 0.15) is 0 Å². The van der Waals surface area contributed by atoms with Gasteiger partial charge in [-0.25, -0.2) is 0 Å². The second-order valence-electron chi connectivity index (χ2n) is 2.89. The zero-order valence-corrected chi connectivity index (χ0v) is 54.7. The van der Waals surface area contributed by atoms with Crippen molar-refractivity contribution < 1.29 is 319 Å². The Balaban J connectivity index is -0.00000000758. The fourth-order valence-corrected chi connectivity index (χ4v) is 0. The molecule has 24 nitrogen and oxygen atoms in total. The van der Waals surface area contributed by atoms with Crippen LogP contribution in [0, 0.1) is 0 Å². The summed E-state index contributed by atoms with van der Waals surface area (Å²) >= 11 is 0. The molecule has 0 fully saturated rings. The molecule has 0 rings (SSSR count). The number of halogens is 6. The molecule has 0 heterocycles. The van der Waals surface area contributed by atoms with E-state index in [0.29, 0.717) is 0 Å². The van der Waals surface area contributed by atoms with Gasteiger partial charge >= 0.3 is 175 Å². The minimum absolute atomic E-state index is 0. The summed E-state index contributed by atoms with van der Waals surface area (Å²) in [7, 11) is -35.2. The Morgan fingerprint density at radius 3 is 0.178 bits per heavy atom. The molecular weight excluding hydrogens is 1250 g/mol. The van der Waals surface area contributed by atoms with Crippen LogP contribution in [0.1, 0.15) is 0 Å². The maximum atomic E-state index is 10.2. The smallest absolute Gasteiger partial charge is 0.857 e. The monoisotopic (exact) mass is 1250 g/mol. The molecule has 0 aromatic heterocycles. The van der Waals surface area contributed by atoms with Crippen molar-refractivity contribution in [3.8, 4) is 0 Å². The third kappa shape index (κ3) is 3660. The first-order valence-electron chi connectivity index (χ1n) is 4.81. The average Bonchev–Trinajstić information content (AvgIpc) is 1.94. The van der Waals surface area contributed by atoms with Crippen LogP contribution in [0.5, 0.6) is 0 Å². The SMILES string of the molecule is O.O.O.O.O.O.[O-][Si]([O-])([O-])F.[O-][Si]([O-])([O-])F.[O-][Si]([O-])([O-])F.[O-][Si]([O-])([O-])F.[O-][Si]([O-])([O-])F.[O-][Si]([O-])([O-])F.[Zn+2].[Zn+2].[Zn+2].[Zn+2].[Zn+2].[Zn+2].[Zn+2].[Zn+2].[Zn+2]. The Morgan fingerprint density at radius 2 is 0.178 bits per heavy atom. The quantitative estimate of drug-likeness (QED) is 0.123. The third-order valence-electron chi connectivity index (χ3n) is 0. The van der Waals surface area contributed by atoms with Crippen LogP contribution in [-0.2, 0) is 175 Å². The fourth-order valence-electron chi connectivity index (χ4n) is 0. The summed E-state index contributed by atoms with van der Waals surface area (Å²) in [6, 6.07) is 0. The van der Waals surface area contributed by atoms with Gasteiger partial charge in [0.25, 0.3) is 0 Å². The van der Waals surface area contributed by atoms with Crippen LogP contribution in [0.15, 0.2) is 0 Å². The van der Waals surface area contributed by atoms with E-state index in [1.54, 1.807) is 0 Å². The van der Waals surface area contributed by atoms with E-state index >= 15 is 0 Å². The van der Waals surface area contributed by atoms with Crippen molar-refractivity contribution >= 4 is 54.8 Å². The van der Waals surface area contributed by atoms with Crippen LogP contribution in [0.4, 0.5) is 24.6 Å². The second-order valence-corrected chi connectivity index (χ2v) is 8.67. The maximum absolute atomic E-state index is 10.2. The van der Waals surface area contributed by atoms with E-state index in [2.05, 4.69) is 0 Å². The molecule has 0 aromatic carbocycles. The molecule has 0 spiro atoms. The van der Waals surface area contributed by atoms with Gasteiger partial charge < -0.3 is 144 Å². The summed E-state index contributed by atoms with van der Waals surface area (Å²) in [5.41, 5.74) is 0. The molecule has 0 amide bonds. The van der Waals surface area contributed by atoms with Crippen molar-refractivity contribution in [1.29, 1.82) is 0 Å². The molecule has 0 aliphatic carbocycles. The summed E-state index contributed by atoms with van der Waals surface area (Å²) in [6.07, 6.45) is 0. The fraction of sp³-hybridized carbons (Fsp3) is 0.